The summed E-state index contributed by atoms with van der Waals surface area (Å²) in [7, 11) is 1.42. The van der Waals surface area contributed by atoms with Crippen molar-refractivity contribution in [3.63, 3.8) is 0 Å². The van der Waals surface area contributed by atoms with Gasteiger partial charge >= 0.3 is 0 Å². The second-order valence-corrected chi connectivity index (χ2v) is 5.53. The summed E-state index contributed by atoms with van der Waals surface area (Å²) in [4.78, 5) is 0. The summed E-state index contributed by atoms with van der Waals surface area (Å²) in [6, 6.07) is 10.6. The number of ether oxygens (including phenoxy) is 1. The average molecular weight is 286 g/mol. The van der Waals surface area contributed by atoms with Crippen LogP contribution in [-0.4, -0.2) is 12.2 Å². The molecule has 3 rings (SSSR count). The van der Waals surface area contributed by atoms with Crippen molar-refractivity contribution in [2.24, 2.45) is 0 Å². The van der Waals surface area contributed by atoms with Crippen molar-refractivity contribution < 1.29 is 14.2 Å². The van der Waals surface area contributed by atoms with Gasteiger partial charge in [-0.2, -0.15) is 0 Å². The Bertz CT molecular complexity index is 652. The van der Waals surface area contributed by atoms with E-state index in [1.165, 1.54) is 37.1 Å². The van der Waals surface area contributed by atoms with Crippen LogP contribution in [0.5, 0.6) is 5.75 Å². The predicted molar refractivity (Wildman–Crippen MR) is 80.1 cm³/mol. The highest BCUT2D eigenvalue weighted by Crippen LogP contribution is 2.30. The van der Waals surface area contributed by atoms with Gasteiger partial charge < -0.3 is 9.84 Å². The summed E-state index contributed by atoms with van der Waals surface area (Å²) in [6.07, 6.45) is 3.88. The van der Waals surface area contributed by atoms with Gasteiger partial charge in [0, 0.05) is 0 Å². The zero-order valence-corrected chi connectivity index (χ0v) is 12.1. The van der Waals surface area contributed by atoms with Gasteiger partial charge in [0.05, 0.1) is 7.11 Å². The molecule has 110 valence electrons. The van der Waals surface area contributed by atoms with Crippen LogP contribution in [0.4, 0.5) is 4.39 Å². The molecule has 21 heavy (non-hydrogen) atoms. The van der Waals surface area contributed by atoms with E-state index in [1.807, 2.05) is 6.07 Å². The summed E-state index contributed by atoms with van der Waals surface area (Å²) in [5, 5.41) is 10.5. The largest absolute Gasteiger partial charge is 0.494 e. The van der Waals surface area contributed by atoms with Crippen LogP contribution in [0, 0.1) is 5.82 Å². The normalized spacial score (nSPS) is 15.4. The van der Waals surface area contributed by atoms with Crippen molar-refractivity contribution in [2.75, 3.05) is 7.11 Å². The molecule has 1 N–H and O–H groups in total. The molecule has 3 heteroatoms. The van der Waals surface area contributed by atoms with Gasteiger partial charge in [-0.1, -0.05) is 24.3 Å². The Hall–Kier alpha value is -1.87. The molecule has 1 unspecified atom stereocenters. The molecular formula is C18H19FO2. The van der Waals surface area contributed by atoms with E-state index in [-0.39, 0.29) is 5.75 Å². The summed E-state index contributed by atoms with van der Waals surface area (Å²) in [5.74, 6) is -0.261. The molecule has 1 aliphatic carbocycles. The Morgan fingerprint density at radius 1 is 1.00 bits per heavy atom. The number of methoxy groups -OCH3 is 1. The van der Waals surface area contributed by atoms with Crippen LogP contribution in [0.3, 0.4) is 0 Å². The first-order chi connectivity index (χ1) is 10.2. The highest BCUT2D eigenvalue weighted by Gasteiger charge is 2.16. The van der Waals surface area contributed by atoms with E-state index >= 15 is 0 Å². The average Bonchev–Trinajstić information content (AvgIpc) is 2.54. The molecule has 0 saturated heterocycles. The van der Waals surface area contributed by atoms with Gasteiger partial charge in [-0.05, 0) is 60.1 Å². The molecule has 0 saturated carbocycles. The van der Waals surface area contributed by atoms with Crippen LogP contribution in [0.15, 0.2) is 36.4 Å². The van der Waals surface area contributed by atoms with Crippen LogP contribution < -0.4 is 4.74 Å². The Labute approximate surface area is 124 Å². The Kier molecular flexibility index (Phi) is 3.93. The lowest BCUT2D eigenvalue weighted by molar-refractivity contribution is 0.219. The molecule has 0 fully saturated rings. The van der Waals surface area contributed by atoms with Gasteiger partial charge in [0.25, 0.3) is 0 Å². The van der Waals surface area contributed by atoms with E-state index in [9.17, 15) is 9.50 Å². The second kappa shape index (κ2) is 5.86. The number of hydrogen-bond acceptors (Lipinski definition) is 2. The van der Waals surface area contributed by atoms with E-state index < -0.39 is 11.9 Å². The van der Waals surface area contributed by atoms with Crippen LogP contribution in [0.2, 0.25) is 0 Å². The summed E-state index contributed by atoms with van der Waals surface area (Å²) >= 11 is 0. The molecule has 0 bridgehead atoms. The predicted octanol–water partition coefficient (Wildman–Crippen LogP) is 3.79. The third kappa shape index (κ3) is 2.79. The molecule has 0 radical (unpaired) electrons. The lowest BCUT2D eigenvalue weighted by atomic mass is 9.88. The lowest BCUT2D eigenvalue weighted by Crippen LogP contribution is -2.06. The van der Waals surface area contributed by atoms with Crippen molar-refractivity contribution in [3.05, 3.63) is 64.5 Å². The maximum absolute atomic E-state index is 13.5. The molecule has 0 amide bonds. The monoisotopic (exact) mass is 286 g/mol. The maximum Gasteiger partial charge on any atom is 0.165 e. The minimum atomic E-state index is -0.758. The fourth-order valence-corrected chi connectivity index (χ4v) is 2.96. The topological polar surface area (TPSA) is 29.5 Å². The zero-order valence-electron chi connectivity index (χ0n) is 12.1. The molecule has 2 aromatic carbocycles. The molecule has 0 heterocycles. The number of fused-ring (bicyclic) bond motifs is 1. The highest BCUT2D eigenvalue weighted by atomic mass is 19.1. The summed E-state index contributed by atoms with van der Waals surface area (Å²) < 4.78 is 18.4. The molecule has 0 aromatic heterocycles. The quantitative estimate of drug-likeness (QED) is 0.930. The van der Waals surface area contributed by atoms with E-state index in [4.69, 9.17) is 4.74 Å². The van der Waals surface area contributed by atoms with E-state index in [1.54, 1.807) is 12.1 Å². The molecule has 1 atom stereocenters. The standard InChI is InChI=1S/C18H19FO2/c1-21-17-11-15(8-9-16(17)19)18(20)14-7-6-12-4-2-3-5-13(12)10-14/h6-11,18,20H,2-5H2,1H3. The number of hydrogen-bond donors (Lipinski definition) is 1. The Balaban J connectivity index is 1.92. The minimum Gasteiger partial charge on any atom is -0.494 e. The van der Waals surface area contributed by atoms with Gasteiger partial charge in [0.2, 0.25) is 0 Å². The van der Waals surface area contributed by atoms with Gasteiger partial charge in [-0.15, -0.1) is 0 Å². The zero-order chi connectivity index (χ0) is 14.8. The Morgan fingerprint density at radius 3 is 2.43 bits per heavy atom. The molecular weight excluding hydrogens is 267 g/mol. The third-order valence-electron chi connectivity index (χ3n) is 4.18. The van der Waals surface area contributed by atoms with Crippen LogP contribution >= 0.6 is 0 Å². The first kappa shape index (κ1) is 14.1. The first-order valence-electron chi connectivity index (χ1n) is 7.32. The fourth-order valence-electron chi connectivity index (χ4n) is 2.96. The number of halogens is 1. The van der Waals surface area contributed by atoms with Gasteiger partial charge in [-0.25, -0.2) is 4.39 Å². The molecule has 1 aliphatic rings. The fraction of sp³-hybridized carbons (Fsp3) is 0.333. The number of aliphatic hydroxyl groups excluding tert-OH is 1. The number of aliphatic hydroxyl groups is 1. The van der Waals surface area contributed by atoms with Crippen LogP contribution in [0.25, 0.3) is 0 Å². The van der Waals surface area contributed by atoms with Crippen LogP contribution in [0.1, 0.15) is 41.2 Å². The summed E-state index contributed by atoms with van der Waals surface area (Å²) in [6.45, 7) is 0. The van der Waals surface area contributed by atoms with Gasteiger partial charge in [0.1, 0.15) is 6.10 Å². The Morgan fingerprint density at radius 2 is 1.67 bits per heavy atom. The minimum absolute atomic E-state index is 0.157. The SMILES string of the molecule is COc1cc(C(O)c2ccc3c(c2)CCCC3)ccc1F. The molecule has 0 spiro atoms. The van der Waals surface area contributed by atoms with Crippen molar-refractivity contribution in [1.82, 2.24) is 0 Å². The maximum atomic E-state index is 13.5. The number of rotatable bonds is 3. The highest BCUT2D eigenvalue weighted by molar-refractivity contribution is 5.40. The first-order valence-corrected chi connectivity index (χ1v) is 7.32. The van der Waals surface area contributed by atoms with Crippen LogP contribution in [-0.2, 0) is 12.8 Å². The van der Waals surface area contributed by atoms with Crippen molar-refractivity contribution >= 4 is 0 Å². The van der Waals surface area contributed by atoms with E-state index in [2.05, 4.69) is 12.1 Å². The smallest absolute Gasteiger partial charge is 0.165 e. The van der Waals surface area contributed by atoms with E-state index in [0.29, 0.717) is 5.56 Å². The van der Waals surface area contributed by atoms with E-state index in [0.717, 1.165) is 18.4 Å². The van der Waals surface area contributed by atoms with Gasteiger partial charge in [0.15, 0.2) is 11.6 Å². The molecule has 2 aromatic rings. The number of benzene rings is 2. The number of aryl methyl sites for hydroxylation is 2. The molecule has 0 aliphatic heterocycles. The summed E-state index contributed by atoms with van der Waals surface area (Å²) in [5.41, 5.74) is 4.20. The third-order valence-corrected chi connectivity index (χ3v) is 4.18. The second-order valence-electron chi connectivity index (χ2n) is 5.53. The lowest BCUT2D eigenvalue weighted by Gasteiger charge is -2.19. The van der Waals surface area contributed by atoms with Gasteiger partial charge in [-0.3, -0.25) is 0 Å². The molecule has 2 nitrogen and oxygen atoms in total. The van der Waals surface area contributed by atoms with Crippen molar-refractivity contribution in [1.29, 1.82) is 0 Å². The van der Waals surface area contributed by atoms with Crippen molar-refractivity contribution in [3.8, 4) is 5.75 Å². The van der Waals surface area contributed by atoms with Crippen molar-refractivity contribution in [2.45, 2.75) is 31.8 Å².